The van der Waals surface area contributed by atoms with Crippen LogP contribution in [-0.4, -0.2) is 34.4 Å². The van der Waals surface area contributed by atoms with Gasteiger partial charge in [-0.3, -0.25) is 4.79 Å². The minimum absolute atomic E-state index is 0.155. The molecule has 4 aromatic rings. The summed E-state index contributed by atoms with van der Waals surface area (Å²) in [5.41, 5.74) is 6.83. The van der Waals surface area contributed by atoms with Crippen LogP contribution >= 0.6 is 0 Å². The number of H-pyrrole nitrogens is 1. The lowest BCUT2D eigenvalue weighted by Crippen LogP contribution is -2.51. The zero-order valence-corrected chi connectivity index (χ0v) is 20.1. The molecule has 1 aromatic heterocycles. The molecule has 5 rings (SSSR count). The van der Waals surface area contributed by atoms with E-state index >= 15 is 0 Å². The van der Waals surface area contributed by atoms with Gasteiger partial charge in [0, 0.05) is 47.8 Å². The van der Waals surface area contributed by atoms with E-state index in [1.54, 1.807) is 0 Å². The van der Waals surface area contributed by atoms with E-state index < -0.39 is 0 Å². The zero-order valence-electron chi connectivity index (χ0n) is 20.1. The van der Waals surface area contributed by atoms with Gasteiger partial charge >= 0.3 is 0 Å². The number of aromatic amines is 1. The Hall–Kier alpha value is -3.37. The van der Waals surface area contributed by atoms with E-state index in [0.29, 0.717) is 6.04 Å². The minimum atomic E-state index is 0.155. The van der Waals surface area contributed by atoms with Crippen molar-refractivity contribution in [3.05, 3.63) is 107 Å². The second-order valence-electron chi connectivity index (χ2n) is 9.68. The number of benzene rings is 3. The van der Waals surface area contributed by atoms with Crippen molar-refractivity contribution in [1.29, 1.82) is 0 Å². The van der Waals surface area contributed by atoms with Crippen LogP contribution in [0.25, 0.3) is 10.9 Å². The molecule has 3 aromatic carbocycles. The van der Waals surface area contributed by atoms with E-state index in [2.05, 4.69) is 89.8 Å². The molecule has 1 saturated heterocycles. The summed E-state index contributed by atoms with van der Waals surface area (Å²) >= 11 is 0. The number of hydrogen-bond acceptors (Lipinski definition) is 2. The number of amides is 1. The number of piperidine rings is 1. The Kier molecular flexibility index (Phi) is 6.50. The molecule has 1 aliphatic heterocycles. The topological polar surface area (TPSA) is 48.1 Å². The average Bonchev–Trinajstić information content (AvgIpc) is 3.26. The van der Waals surface area contributed by atoms with E-state index in [-0.39, 0.29) is 11.9 Å². The van der Waals surface area contributed by atoms with Gasteiger partial charge in [0.2, 0.25) is 0 Å². The van der Waals surface area contributed by atoms with Crippen molar-refractivity contribution in [2.24, 2.45) is 0 Å². The van der Waals surface area contributed by atoms with Crippen molar-refractivity contribution in [3.8, 4) is 0 Å². The van der Waals surface area contributed by atoms with Crippen LogP contribution < -0.4 is 5.32 Å². The number of nitrogens with zero attached hydrogens (tertiary/aromatic N) is 1. The van der Waals surface area contributed by atoms with Gasteiger partial charge in [0.1, 0.15) is 0 Å². The van der Waals surface area contributed by atoms with Crippen molar-refractivity contribution in [3.63, 3.8) is 0 Å². The maximum atomic E-state index is 13.6. The largest absolute Gasteiger partial charge is 0.361 e. The monoisotopic (exact) mass is 451 g/mol. The first-order valence-corrected chi connectivity index (χ1v) is 12.3. The van der Waals surface area contributed by atoms with Gasteiger partial charge in [0.25, 0.3) is 5.91 Å². The molecule has 0 spiro atoms. The van der Waals surface area contributed by atoms with Gasteiger partial charge in [-0.15, -0.1) is 0 Å². The number of carbonyl (C=O) groups excluding carboxylic acids is 1. The third-order valence-electron chi connectivity index (χ3n) is 7.02. The molecular formula is C30H33N3O. The SMILES string of the molecule is Cc1cc(C)cc(C(=O)N2CC[C@H](NCc3c[nH]c4ccccc34)C[C@H]2Cc2ccccc2)c1. The van der Waals surface area contributed by atoms with Crippen LogP contribution in [0.3, 0.4) is 0 Å². The zero-order chi connectivity index (χ0) is 23.5. The summed E-state index contributed by atoms with van der Waals surface area (Å²) in [4.78, 5) is 19.1. The number of para-hydroxylation sites is 1. The molecule has 4 heteroatoms. The smallest absolute Gasteiger partial charge is 0.254 e. The number of aromatic nitrogens is 1. The normalized spacial score (nSPS) is 18.4. The standard InChI is InChI=1S/C30H33N3O/c1-21-14-22(2)16-24(15-21)30(34)33-13-12-26(18-27(33)17-23-8-4-3-5-9-23)31-19-25-20-32-29-11-7-6-10-28(25)29/h3-11,14-16,20,26-27,31-32H,12-13,17-19H2,1-2H3/t26-,27+/m0/s1. The highest BCUT2D eigenvalue weighted by atomic mass is 16.2. The van der Waals surface area contributed by atoms with Crippen LogP contribution in [0.2, 0.25) is 0 Å². The lowest BCUT2D eigenvalue weighted by molar-refractivity contribution is 0.0576. The van der Waals surface area contributed by atoms with Gasteiger partial charge in [-0.1, -0.05) is 65.7 Å². The summed E-state index contributed by atoms with van der Waals surface area (Å²) in [7, 11) is 0. The number of hydrogen-bond donors (Lipinski definition) is 2. The molecule has 1 amide bonds. The summed E-state index contributed by atoms with van der Waals surface area (Å²) in [5.74, 6) is 0.155. The van der Waals surface area contributed by atoms with Crippen molar-refractivity contribution < 1.29 is 4.79 Å². The number of rotatable bonds is 6. The van der Waals surface area contributed by atoms with Crippen molar-refractivity contribution >= 4 is 16.8 Å². The molecule has 0 aliphatic carbocycles. The molecule has 1 fully saturated rings. The Balaban J connectivity index is 1.33. The third kappa shape index (κ3) is 4.92. The lowest BCUT2D eigenvalue weighted by Gasteiger charge is -2.40. The molecule has 0 bridgehead atoms. The Morgan fingerprint density at radius 3 is 2.53 bits per heavy atom. The molecule has 4 nitrogen and oxygen atoms in total. The fourth-order valence-electron chi connectivity index (χ4n) is 5.38. The summed E-state index contributed by atoms with van der Waals surface area (Å²) in [6.07, 6.45) is 4.90. The van der Waals surface area contributed by atoms with Crippen LogP contribution in [0.5, 0.6) is 0 Å². The quantitative estimate of drug-likeness (QED) is 0.390. The molecule has 2 heterocycles. The maximum Gasteiger partial charge on any atom is 0.254 e. The highest BCUT2D eigenvalue weighted by Gasteiger charge is 2.32. The summed E-state index contributed by atoms with van der Waals surface area (Å²) in [6, 6.07) is 25.7. The first-order valence-electron chi connectivity index (χ1n) is 12.3. The van der Waals surface area contributed by atoms with Crippen LogP contribution in [-0.2, 0) is 13.0 Å². The van der Waals surface area contributed by atoms with Gasteiger partial charge in [0.05, 0.1) is 0 Å². The fourth-order valence-corrected chi connectivity index (χ4v) is 5.38. The van der Waals surface area contributed by atoms with E-state index in [1.807, 2.05) is 18.2 Å². The van der Waals surface area contributed by atoms with Gasteiger partial charge < -0.3 is 15.2 Å². The number of fused-ring (bicyclic) bond motifs is 1. The van der Waals surface area contributed by atoms with E-state index in [1.165, 1.54) is 22.0 Å². The van der Waals surface area contributed by atoms with Crippen molar-refractivity contribution in [2.75, 3.05) is 6.54 Å². The van der Waals surface area contributed by atoms with Crippen LogP contribution in [0.4, 0.5) is 0 Å². The molecule has 0 unspecified atom stereocenters. The number of carbonyl (C=O) groups is 1. The first kappa shape index (κ1) is 22.4. The molecule has 174 valence electrons. The second-order valence-corrected chi connectivity index (χ2v) is 9.68. The van der Waals surface area contributed by atoms with Crippen LogP contribution in [0.15, 0.2) is 79.0 Å². The Morgan fingerprint density at radius 2 is 1.74 bits per heavy atom. The van der Waals surface area contributed by atoms with E-state index in [4.69, 9.17) is 0 Å². The van der Waals surface area contributed by atoms with Gasteiger partial charge in [-0.05, 0) is 62.4 Å². The summed E-state index contributed by atoms with van der Waals surface area (Å²) in [5, 5.41) is 5.07. The van der Waals surface area contributed by atoms with Gasteiger partial charge in [-0.25, -0.2) is 0 Å². The van der Waals surface area contributed by atoms with Crippen LogP contribution in [0, 0.1) is 13.8 Å². The highest BCUT2D eigenvalue weighted by molar-refractivity contribution is 5.95. The molecular weight excluding hydrogens is 418 g/mol. The summed E-state index contributed by atoms with van der Waals surface area (Å²) < 4.78 is 0. The molecule has 2 N–H and O–H groups in total. The average molecular weight is 452 g/mol. The number of nitrogens with one attached hydrogen (secondary N) is 2. The number of aryl methyl sites for hydroxylation is 2. The van der Waals surface area contributed by atoms with Crippen molar-refractivity contribution in [2.45, 2.75) is 51.7 Å². The summed E-state index contributed by atoms with van der Waals surface area (Å²) in [6.45, 7) is 5.73. The number of likely N-dealkylation sites (tertiary alicyclic amines) is 1. The van der Waals surface area contributed by atoms with E-state index in [9.17, 15) is 4.79 Å². The second kappa shape index (κ2) is 9.86. The Labute approximate surface area is 202 Å². The van der Waals surface area contributed by atoms with Crippen molar-refractivity contribution in [1.82, 2.24) is 15.2 Å². The molecule has 2 atom stereocenters. The predicted octanol–water partition coefficient (Wildman–Crippen LogP) is 5.79. The minimum Gasteiger partial charge on any atom is -0.361 e. The van der Waals surface area contributed by atoms with Gasteiger partial charge in [-0.2, -0.15) is 0 Å². The van der Waals surface area contributed by atoms with Gasteiger partial charge in [0.15, 0.2) is 0 Å². The third-order valence-corrected chi connectivity index (χ3v) is 7.02. The maximum absolute atomic E-state index is 13.6. The molecule has 0 radical (unpaired) electrons. The molecule has 34 heavy (non-hydrogen) atoms. The molecule has 1 aliphatic rings. The fraction of sp³-hybridized carbons (Fsp3) is 0.300. The van der Waals surface area contributed by atoms with E-state index in [0.717, 1.165) is 49.0 Å². The highest BCUT2D eigenvalue weighted by Crippen LogP contribution is 2.25. The van der Waals surface area contributed by atoms with Crippen LogP contribution in [0.1, 0.15) is 45.5 Å². The lowest BCUT2D eigenvalue weighted by atomic mass is 9.91. The Morgan fingerprint density at radius 1 is 1.00 bits per heavy atom. The Bertz CT molecular complexity index is 1260. The molecule has 0 saturated carbocycles. The first-order chi connectivity index (χ1) is 16.6. The predicted molar refractivity (Wildman–Crippen MR) is 139 cm³/mol.